The van der Waals surface area contributed by atoms with E-state index in [1.54, 1.807) is 0 Å². The van der Waals surface area contributed by atoms with Gasteiger partial charge in [0.15, 0.2) is 0 Å². The molecule has 6 heteroatoms. The van der Waals surface area contributed by atoms with E-state index in [1.165, 1.54) is 25.0 Å². The molecule has 0 saturated carbocycles. The summed E-state index contributed by atoms with van der Waals surface area (Å²) in [5, 5.41) is 4.95. The average molecular weight is 247 g/mol. The summed E-state index contributed by atoms with van der Waals surface area (Å²) < 4.78 is 0. The molecule has 3 amide bonds. The summed E-state index contributed by atoms with van der Waals surface area (Å²) in [6.45, 7) is 0.944. The highest BCUT2D eigenvalue weighted by atomic mass is 32.2. The Morgan fingerprint density at radius 1 is 1.19 bits per heavy atom. The first-order chi connectivity index (χ1) is 7.66. The van der Waals surface area contributed by atoms with Crippen LogP contribution in [0.5, 0.6) is 0 Å². The van der Waals surface area contributed by atoms with Crippen molar-refractivity contribution in [1.82, 2.24) is 10.6 Å². The molecule has 5 nitrogen and oxygen atoms in total. The van der Waals surface area contributed by atoms with Gasteiger partial charge in [-0.3, -0.25) is 10.1 Å². The van der Waals surface area contributed by atoms with E-state index in [-0.39, 0.29) is 12.5 Å². The van der Waals surface area contributed by atoms with Crippen molar-refractivity contribution >= 4 is 23.7 Å². The van der Waals surface area contributed by atoms with E-state index in [0.29, 0.717) is 0 Å². The highest BCUT2D eigenvalue weighted by Crippen LogP contribution is 2.03. The number of nitrogens with one attached hydrogen (secondary N) is 2. The van der Waals surface area contributed by atoms with Crippen molar-refractivity contribution in [1.29, 1.82) is 0 Å². The van der Waals surface area contributed by atoms with Crippen LogP contribution in [0.4, 0.5) is 4.79 Å². The fraction of sp³-hybridized carbons (Fsp3) is 0.800. The molecule has 0 spiro atoms. The molecule has 0 aromatic rings. The number of thioether (sulfide) groups is 1. The zero-order valence-corrected chi connectivity index (χ0v) is 10.6. The number of carbonyl (C=O) groups excluding carboxylic acids is 2. The topological polar surface area (TPSA) is 84.2 Å². The van der Waals surface area contributed by atoms with Crippen molar-refractivity contribution in [2.75, 3.05) is 25.1 Å². The monoisotopic (exact) mass is 247 g/mol. The highest BCUT2D eigenvalue weighted by molar-refractivity contribution is 7.98. The van der Waals surface area contributed by atoms with Crippen LogP contribution >= 0.6 is 11.8 Å². The predicted molar refractivity (Wildman–Crippen MR) is 67.4 cm³/mol. The number of nitrogens with two attached hydrogens (primary N) is 1. The van der Waals surface area contributed by atoms with Gasteiger partial charge in [-0.05, 0) is 31.4 Å². The smallest absolute Gasteiger partial charge is 0.318 e. The molecular weight excluding hydrogens is 226 g/mol. The van der Waals surface area contributed by atoms with Crippen LogP contribution in [-0.4, -0.2) is 37.0 Å². The van der Waals surface area contributed by atoms with Crippen molar-refractivity contribution < 1.29 is 9.59 Å². The maximum atomic E-state index is 11.0. The van der Waals surface area contributed by atoms with Crippen molar-refractivity contribution in [3.05, 3.63) is 0 Å². The third-order valence-corrected chi connectivity index (χ3v) is 2.70. The SMILES string of the molecule is CSCCCCCCNCC(=O)NC(N)=O. The van der Waals surface area contributed by atoms with E-state index in [2.05, 4.69) is 11.6 Å². The molecular formula is C10H21N3O2S. The lowest BCUT2D eigenvalue weighted by atomic mass is 10.2. The minimum absolute atomic E-state index is 0.147. The van der Waals surface area contributed by atoms with Gasteiger partial charge in [0.05, 0.1) is 6.54 Å². The van der Waals surface area contributed by atoms with Crippen molar-refractivity contribution in [3.8, 4) is 0 Å². The van der Waals surface area contributed by atoms with E-state index in [9.17, 15) is 9.59 Å². The van der Waals surface area contributed by atoms with Gasteiger partial charge >= 0.3 is 6.03 Å². The summed E-state index contributed by atoms with van der Waals surface area (Å²) in [5.74, 6) is 0.837. The summed E-state index contributed by atoms with van der Waals surface area (Å²) in [6, 6.07) is -0.802. The molecule has 0 heterocycles. The molecule has 0 aliphatic carbocycles. The van der Waals surface area contributed by atoms with Gasteiger partial charge in [0.1, 0.15) is 0 Å². The van der Waals surface area contributed by atoms with Crippen LogP contribution in [0.15, 0.2) is 0 Å². The largest absolute Gasteiger partial charge is 0.351 e. The van der Waals surface area contributed by atoms with E-state index in [0.717, 1.165) is 13.0 Å². The second-order valence-corrected chi connectivity index (χ2v) is 4.48. The minimum Gasteiger partial charge on any atom is -0.351 e. The third-order valence-electron chi connectivity index (χ3n) is 2.00. The summed E-state index contributed by atoms with van der Waals surface area (Å²) in [4.78, 5) is 21.3. The van der Waals surface area contributed by atoms with Crippen molar-refractivity contribution in [3.63, 3.8) is 0 Å². The summed E-state index contributed by atoms with van der Waals surface area (Å²) in [6.07, 6.45) is 6.82. The first-order valence-electron chi connectivity index (χ1n) is 5.45. The number of primary amides is 1. The van der Waals surface area contributed by atoms with Gasteiger partial charge < -0.3 is 11.1 Å². The standard InChI is InChI=1S/C10H21N3O2S/c1-16-7-5-3-2-4-6-12-8-9(14)13-10(11)15/h12H,2-8H2,1H3,(H3,11,13,14,15). The molecule has 16 heavy (non-hydrogen) atoms. The molecule has 0 unspecified atom stereocenters. The van der Waals surface area contributed by atoms with Crippen molar-refractivity contribution in [2.45, 2.75) is 25.7 Å². The second kappa shape index (κ2) is 10.8. The molecule has 0 atom stereocenters. The van der Waals surface area contributed by atoms with Gasteiger partial charge in [-0.1, -0.05) is 12.8 Å². The normalized spacial score (nSPS) is 10.1. The molecule has 0 aliphatic heterocycles. The Labute approximate surface area is 101 Å². The second-order valence-electron chi connectivity index (χ2n) is 3.50. The first-order valence-corrected chi connectivity index (χ1v) is 6.85. The number of urea groups is 1. The van der Waals surface area contributed by atoms with Gasteiger partial charge in [0.25, 0.3) is 0 Å². The van der Waals surface area contributed by atoms with Crippen LogP contribution in [0.1, 0.15) is 25.7 Å². The molecule has 0 bridgehead atoms. The highest BCUT2D eigenvalue weighted by Gasteiger charge is 2.01. The number of amides is 3. The lowest BCUT2D eigenvalue weighted by molar-refractivity contribution is -0.119. The zero-order chi connectivity index (χ0) is 12.2. The van der Waals surface area contributed by atoms with Gasteiger partial charge in [-0.25, -0.2) is 4.79 Å². The van der Waals surface area contributed by atoms with E-state index >= 15 is 0 Å². The summed E-state index contributed by atoms with van der Waals surface area (Å²) in [7, 11) is 0. The summed E-state index contributed by atoms with van der Waals surface area (Å²) >= 11 is 1.87. The molecule has 0 aliphatic rings. The molecule has 0 fully saturated rings. The molecule has 4 N–H and O–H groups in total. The van der Waals surface area contributed by atoms with Crippen LogP contribution < -0.4 is 16.4 Å². The molecule has 0 radical (unpaired) electrons. The Kier molecular flexibility index (Phi) is 10.3. The molecule has 94 valence electrons. The number of carbonyl (C=O) groups is 2. The third kappa shape index (κ3) is 11.3. The fourth-order valence-corrected chi connectivity index (χ4v) is 1.73. The number of rotatable bonds is 9. The van der Waals surface area contributed by atoms with Gasteiger partial charge in [-0.15, -0.1) is 0 Å². The van der Waals surface area contributed by atoms with E-state index in [4.69, 9.17) is 5.73 Å². The first kappa shape index (κ1) is 15.2. The quantitative estimate of drug-likeness (QED) is 0.523. The van der Waals surface area contributed by atoms with Crippen molar-refractivity contribution in [2.24, 2.45) is 5.73 Å². The van der Waals surface area contributed by atoms with Crippen LogP contribution in [0, 0.1) is 0 Å². The number of unbranched alkanes of at least 4 members (excludes halogenated alkanes) is 3. The Morgan fingerprint density at radius 2 is 1.88 bits per heavy atom. The Hall–Kier alpha value is -0.750. The van der Waals surface area contributed by atoms with Gasteiger partial charge in [0.2, 0.25) is 5.91 Å². The van der Waals surface area contributed by atoms with Crippen LogP contribution in [0.2, 0.25) is 0 Å². The number of imide groups is 1. The molecule has 0 rings (SSSR count). The van der Waals surface area contributed by atoms with Crippen LogP contribution in [0.25, 0.3) is 0 Å². The predicted octanol–water partition coefficient (Wildman–Crippen LogP) is 0.694. The number of hydrogen-bond acceptors (Lipinski definition) is 4. The maximum absolute atomic E-state index is 11.0. The molecule has 0 aromatic heterocycles. The maximum Gasteiger partial charge on any atom is 0.318 e. The minimum atomic E-state index is -0.802. The lowest BCUT2D eigenvalue weighted by Crippen LogP contribution is -2.40. The van der Waals surface area contributed by atoms with Gasteiger partial charge in [0, 0.05) is 0 Å². The lowest BCUT2D eigenvalue weighted by Gasteiger charge is -2.04. The zero-order valence-electron chi connectivity index (χ0n) is 9.75. The number of hydrogen-bond donors (Lipinski definition) is 3. The Morgan fingerprint density at radius 3 is 2.50 bits per heavy atom. The Balaban J connectivity index is 3.14. The Bertz CT molecular complexity index is 212. The van der Waals surface area contributed by atoms with Crippen LogP contribution in [0.3, 0.4) is 0 Å². The summed E-state index contributed by atoms with van der Waals surface area (Å²) in [5.41, 5.74) is 4.79. The van der Waals surface area contributed by atoms with E-state index < -0.39 is 6.03 Å². The average Bonchev–Trinajstić information content (AvgIpc) is 2.21. The van der Waals surface area contributed by atoms with Crippen LogP contribution in [-0.2, 0) is 4.79 Å². The molecule has 0 saturated heterocycles. The van der Waals surface area contributed by atoms with E-state index in [1.807, 2.05) is 17.1 Å². The van der Waals surface area contributed by atoms with Gasteiger partial charge in [-0.2, -0.15) is 11.8 Å². The fourth-order valence-electron chi connectivity index (χ4n) is 1.23. The molecule has 0 aromatic carbocycles.